The van der Waals surface area contributed by atoms with Crippen molar-refractivity contribution in [3.63, 3.8) is 0 Å². The number of hydrogen-bond donors (Lipinski definition) is 0. The van der Waals surface area contributed by atoms with Gasteiger partial charge in [0, 0.05) is 34.2 Å². The summed E-state index contributed by atoms with van der Waals surface area (Å²) in [6, 6.07) is 0. The number of rotatable bonds is 3. The Kier molecular flexibility index (Phi) is 18.2. The summed E-state index contributed by atoms with van der Waals surface area (Å²) in [6.45, 7) is 0. The van der Waals surface area contributed by atoms with Crippen LogP contribution in [-0.4, -0.2) is 33.2 Å². The molecule has 0 unspecified atom stereocenters. The maximum Gasteiger partial charge on any atom is 0.167 e. The molecule has 30 heavy (non-hydrogen) atoms. The number of hydrogen-bond acceptors (Lipinski definition) is 3. The summed E-state index contributed by atoms with van der Waals surface area (Å²) in [6.07, 6.45) is 30.2. The van der Waals surface area contributed by atoms with Gasteiger partial charge in [-0.15, -0.1) is 0 Å². The van der Waals surface area contributed by atoms with Crippen LogP contribution in [0.15, 0.2) is 0 Å². The van der Waals surface area contributed by atoms with Crippen LogP contribution in [0.3, 0.4) is 0 Å². The maximum atomic E-state index is 5.61. The summed E-state index contributed by atoms with van der Waals surface area (Å²) in [5, 5.41) is 0. The van der Waals surface area contributed by atoms with Gasteiger partial charge >= 0.3 is 0 Å². The zero-order valence-corrected chi connectivity index (χ0v) is 20.9. The van der Waals surface area contributed by atoms with Crippen LogP contribution >= 0.6 is 0 Å². The second-order valence-electron chi connectivity index (χ2n) is 9.62. The Balaban J connectivity index is 0.000000303. The van der Waals surface area contributed by atoms with Gasteiger partial charge in [-0.2, -0.15) is 0 Å². The van der Waals surface area contributed by atoms with E-state index in [0.29, 0.717) is 6.10 Å². The molecule has 0 aromatic heterocycles. The predicted octanol–water partition coefficient (Wildman–Crippen LogP) is 8.59. The molecule has 0 atom stereocenters. The summed E-state index contributed by atoms with van der Waals surface area (Å²) in [5.74, 6) is -0.292. The summed E-state index contributed by atoms with van der Waals surface area (Å²) in [4.78, 5) is 0. The van der Waals surface area contributed by atoms with E-state index in [1.807, 2.05) is 7.11 Å². The van der Waals surface area contributed by atoms with Crippen LogP contribution in [0.5, 0.6) is 0 Å². The van der Waals surface area contributed by atoms with Crippen molar-refractivity contribution in [3.8, 4) is 0 Å². The van der Waals surface area contributed by atoms with Gasteiger partial charge in [0.05, 0.1) is 6.10 Å². The van der Waals surface area contributed by atoms with Gasteiger partial charge in [-0.3, -0.25) is 0 Å². The molecule has 0 spiro atoms. The van der Waals surface area contributed by atoms with Crippen LogP contribution in [0.4, 0.5) is 0 Å². The van der Waals surface area contributed by atoms with Crippen molar-refractivity contribution in [2.24, 2.45) is 0 Å². The molecule has 0 heterocycles. The van der Waals surface area contributed by atoms with Gasteiger partial charge in [-0.25, -0.2) is 0 Å². The molecule has 0 saturated heterocycles. The molecule has 3 heteroatoms. The minimum Gasteiger partial charge on any atom is -0.381 e. The van der Waals surface area contributed by atoms with Crippen molar-refractivity contribution in [3.05, 3.63) is 0 Å². The number of methoxy groups -OCH3 is 3. The summed E-state index contributed by atoms with van der Waals surface area (Å²) in [7, 11) is 5.45. The van der Waals surface area contributed by atoms with E-state index < -0.39 is 0 Å². The van der Waals surface area contributed by atoms with E-state index in [2.05, 4.69) is 0 Å². The molecule has 3 nitrogen and oxygen atoms in total. The fourth-order valence-corrected chi connectivity index (χ4v) is 5.00. The average Bonchev–Trinajstić information content (AvgIpc) is 2.76. The van der Waals surface area contributed by atoms with Crippen LogP contribution in [-0.2, 0) is 14.2 Å². The first-order chi connectivity index (χ1) is 14.8. The van der Waals surface area contributed by atoms with E-state index in [4.69, 9.17) is 14.2 Å². The first-order valence-corrected chi connectivity index (χ1v) is 13.4. The Morgan fingerprint density at radius 1 is 0.433 bits per heavy atom. The Bertz CT molecular complexity index is 328. The van der Waals surface area contributed by atoms with E-state index in [0.717, 1.165) is 12.8 Å². The molecular formula is C27H54O3. The Hall–Kier alpha value is -0.120. The van der Waals surface area contributed by atoms with Crippen molar-refractivity contribution < 1.29 is 14.2 Å². The Morgan fingerprint density at radius 2 is 0.733 bits per heavy atom. The average molecular weight is 427 g/mol. The van der Waals surface area contributed by atoms with Gasteiger partial charge in [0.15, 0.2) is 5.79 Å². The van der Waals surface area contributed by atoms with Crippen LogP contribution in [0.25, 0.3) is 0 Å². The molecule has 2 saturated carbocycles. The van der Waals surface area contributed by atoms with Crippen LogP contribution in [0, 0.1) is 0 Å². The second kappa shape index (κ2) is 19.6. The lowest BCUT2D eigenvalue weighted by Crippen LogP contribution is -2.33. The molecule has 0 N–H and O–H groups in total. The lowest BCUT2D eigenvalue weighted by molar-refractivity contribution is -0.216. The van der Waals surface area contributed by atoms with E-state index in [-0.39, 0.29) is 5.79 Å². The van der Waals surface area contributed by atoms with Crippen molar-refractivity contribution in [1.82, 2.24) is 0 Å². The van der Waals surface area contributed by atoms with E-state index in [1.165, 1.54) is 128 Å². The first kappa shape index (κ1) is 27.9. The maximum absolute atomic E-state index is 5.61. The number of ether oxygens (including phenoxy) is 3. The highest BCUT2D eigenvalue weighted by atomic mass is 16.7. The van der Waals surface area contributed by atoms with Gasteiger partial charge in [0.25, 0.3) is 0 Å². The van der Waals surface area contributed by atoms with E-state index >= 15 is 0 Å². The highest BCUT2D eigenvalue weighted by Gasteiger charge is 2.28. The van der Waals surface area contributed by atoms with Crippen LogP contribution in [0.2, 0.25) is 0 Å². The van der Waals surface area contributed by atoms with Gasteiger partial charge in [0.1, 0.15) is 0 Å². The quantitative estimate of drug-likeness (QED) is 0.423. The molecule has 0 aromatic rings. The lowest BCUT2D eigenvalue weighted by Gasteiger charge is -2.31. The third-order valence-corrected chi connectivity index (χ3v) is 7.24. The van der Waals surface area contributed by atoms with E-state index in [1.54, 1.807) is 14.2 Å². The molecule has 0 amide bonds. The molecule has 0 aliphatic heterocycles. The molecular weight excluding hydrogens is 372 g/mol. The van der Waals surface area contributed by atoms with Gasteiger partial charge in [-0.1, -0.05) is 103 Å². The fraction of sp³-hybridized carbons (Fsp3) is 1.00. The van der Waals surface area contributed by atoms with Crippen LogP contribution in [0.1, 0.15) is 141 Å². The van der Waals surface area contributed by atoms with Crippen molar-refractivity contribution >= 4 is 0 Å². The largest absolute Gasteiger partial charge is 0.381 e. The van der Waals surface area contributed by atoms with E-state index in [9.17, 15) is 0 Å². The van der Waals surface area contributed by atoms with Gasteiger partial charge in [0.2, 0.25) is 0 Å². The third kappa shape index (κ3) is 14.0. The third-order valence-electron chi connectivity index (χ3n) is 7.24. The summed E-state index contributed by atoms with van der Waals surface area (Å²) < 4.78 is 16.7. The SMILES string of the molecule is COC1(OC)CCCCCCCCCCC1.COC1CCCCCCCCCCC1. The molecule has 0 aromatic carbocycles. The Labute approximate surface area is 189 Å². The second-order valence-corrected chi connectivity index (χ2v) is 9.62. The van der Waals surface area contributed by atoms with Crippen LogP contribution < -0.4 is 0 Å². The highest BCUT2D eigenvalue weighted by Crippen LogP contribution is 2.28. The summed E-state index contributed by atoms with van der Waals surface area (Å²) in [5.41, 5.74) is 0. The Morgan fingerprint density at radius 3 is 1.03 bits per heavy atom. The molecule has 2 rings (SSSR count). The normalized spacial score (nSPS) is 24.1. The molecule has 2 aliphatic carbocycles. The zero-order valence-electron chi connectivity index (χ0n) is 20.9. The monoisotopic (exact) mass is 426 g/mol. The molecule has 2 aliphatic rings. The topological polar surface area (TPSA) is 27.7 Å². The smallest absolute Gasteiger partial charge is 0.167 e. The minimum atomic E-state index is -0.292. The molecule has 0 radical (unpaired) electrons. The van der Waals surface area contributed by atoms with Gasteiger partial charge in [-0.05, 0) is 25.7 Å². The molecule has 2 fully saturated rings. The van der Waals surface area contributed by atoms with Crippen molar-refractivity contribution in [2.75, 3.05) is 21.3 Å². The van der Waals surface area contributed by atoms with Gasteiger partial charge < -0.3 is 14.2 Å². The molecule has 180 valence electrons. The highest BCUT2D eigenvalue weighted by molar-refractivity contribution is 4.70. The first-order valence-electron chi connectivity index (χ1n) is 13.4. The predicted molar refractivity (Wildman–Crippen MR) is 129 cm³/mol. The fourth-order valence-electron chi connectivity index (χ4n) is 5.00. The van der Waals surface area contributed by atoms with Crippen molar-refractivity contribution in [2.45, 2.75) is 153 Å². The van der Waals surface area contributed by atoms with Crippen molar-refractivity contribution in [1.29, 1.82) is 0 Å². The summed E-state index contributed by atoms with van der Waals surface area (Å²) >= 11 is 0. The lowest BCUT2D eigenvalue weighted by atomic mass is 9.97. The zero-order chi connectivity index (χ0) is 21.8. The minimum absolute atomic E-state index is 0.292. The standard InChI is InChI=1S/C14H28O2.C13H26O/c1-15-14(16-2)12-10-8-6-4-3-5-7-9-11-13-14;1-14-13-11-9-7-5-3-2-4-6-8-10-12-13/h3-13H2,1-2H3;13H,2-12H2,1H3. The molecule has 0 bridgehead atoms.